The lowest BCUT2D eigenvalue weighted by molar-refractivity contribution is 0.455. The van der Waals surface area contributed by atoms with E-state index in [1.165, 1.54) is 11.1 Å². The Hall–Kier alpha value is -1.58. The first kappa shape index (κ1) is 12.5. The maximum atomic E-state index is 5.87. The van der Waals surface area contributed by atoms with Crippen molar-refractivity contribution in [1.29, 1.82) is 0 Å². The largest absolute Gasteiger partial charge is 0.340 e. The van der Waals surface area contributed by atoms with Crippen LogP contribution in [-0.4, -0.2) is 10.0 Å². The number of rotatable bonds is 1. The molecule has 19 heavy (non-hydrogen) atoms. The van der Waals surface area contributed by atoms with Crippen LogP contribution in [0.2, 0.25) is 5.02 Å². The van der Waals surface area contributed by atoms with Crippen molar-refractivity contribution in [3.8, 4) is 0 Å². The molecule has 2 aromatic carbocycles. The van der Waals surface area contributed by atoms with Gasteiger partial charge in [0, 0.05) is 23.8 Å². The van der Waals surface area contributed by atoms with Gasteiger partial charge < -0.3 is 10.2 Å². The molecule has 0 aromatic heterocycles. The molecule has 0 bridgehead atoms. The highest BCUT2D eigenvalue weighted by Crippen LogP contribution is 2.23. The molecule has 2 nitrogen and oxygen atoms in total. The van der Waals surface area contributed by atoms with Crippen LogP contribution in [0, 0.1) is 0 Å². The highest BCUT2D eigenvalue weighted by atomic mass is 35.5. The summed E-state index contributed by atoms with van der Waals surface area (Å²) in [5, 5.41) is 4.72. The first-order valence-corrected chi connectivity index (χ1v) is 6.89. The number of halogens is 1. The predicted octanol–water partition coefficient (Wildman–Crippen LogP) is 4.05. The molecule has 1 N–H and O–H groups in total. The van der Waals surface area contributed by atoms with Crippen molar-refractivity contribution in [2.24, 2.45) is 0 Å². The summed E-state index contributed by atoms with van der Waals surface area (Å²) in [4.78, 5) is 2.16. The number of hydrogen-bond donors (Lipinski definition) is 1. The van der Waals surface area contributed by atoms with Crippen LogP contribution in [0.4, 0.5) is 5.69 Å². The molecule has 1 aliphatic heterocycles. The van der Waals surface area contributed by atoms with Gasteiger partial charge in [0.05, 0.1) is 0 Å². The second kappa shape index (κ2) is 5.19. The van der Waals surface area contributed by atoms with Crippen LogP contribution >= 0.6 is 23.8 Å². The fraction of sp³-hybridized carbons (Fsp3) is 0.133. The summed E-state index contributed by atoms with van der Waals surface area (Å²) >= 11 is 11.3. The highest BCUT2D eigenvalue weighted by molar-refractivity contribution is 7.80. The Morgan fingerprint density at radius 1 is 1.00 bits per heavy atom. The van der Waals surface area contributed by atoms with Crippen LogP contribution in [0.1, 0.15) is 11.1 Å². The standard InChI is InChI=1S/C15H13ClN2S/c16-13-5-7-14(8-6-13)17-15(19)18-9-11-3-1-2-4-12(11)10-18/h1-8H,9-10H2,(H,17,19). The minimum absolute atomic E-state index is 0.727. The quantitative estimate of drug-likeness (QED) is 0.797. The number of nitrogens with zero attached hydrogens (tertiary/aromatic N) is 1. The number of hydrogen-bond acceptors (Lipinski definition) is 1. The summed E-state index contributed by atoms with van der Waals surface area (Å²) in [6.07, 6.45) is 0. The molecule has 0 aliphatic carbocycles. The van der Waals surface area contributed by atoms with E-state index in [4.69, 9.17) is 23.8 Å². The van der Waals surface area contributed by atoms with Gasteiger partial charge in [-0.1, -0.05) is 35.9 Å². The van der Waals surface area contributed by atoms with Gasteiger partial charge in [-0.3, -0.25) is 0 Å². The van der Waals surface area contributed by atoms with E-state index in [-0.39, 0.29) is 0 Å². The zero-order chi connectivity index (χ0) is 13.2. The molecule has 0 fully saturated rings. The topological polar surface area (TPSA) is 15.3 Å². The van der Waals surface area contributed by atoms with Gasteiger partial charge in [-0.05, 0) is 47.6 Å². The van der Waals surface area contributed by atoms with Gasteiger partial charge >= 0.3 is 0 Å². The zero-order valence-corrected chi connectivity index (χ0v) is 11.8. The minimum Gasteiger partial charge on any atom is -0.340 e. The Labute approximate surface area is 123 Å². The maximum absolute atomic E-state index is 5.87. The van der Waals surface area contributed by atoms with Gasteiger partial charge in [-0.25, -0.2) is 0 Å². The molecule has 96 valence electrons. The van der Waals surface area contributed by atoms with Crippen molar-refractivity contribution in [2.75, 3.05) is 5.32 Å². The molecule has 0 radical (unpaired) electrons. The average Bonchev–Trinajstić information content (AvgIpc) is 2.85. The Morgan fingerprint density at radius 3 is 2.16 bits per heavy atom. The smallest absolute Gasteiger partial charge is 0.174 e. The van der Waals surface area contributed by atoms with Gasteiger partial charge in [0.2, 0.25) is 0 Å². The molecule has 0 atom stereocenters. The van der Waals surface area contributed by atoms with Gasteiger partial charge in [0.15, 0.2) is 5.11 Å². The van der Waals surface area contributed by atoms with E-state index in [1.807, 2.05) is 24.3 Å². The Bertz CT molecular complexity index is 585. The normalized spacial score (nSPS) is 13.2. The molecule has 4 heteroatoms. The van der Waals surface area contributed by atoms with Gasteiger partial charge in [-0.2, -0.15) is 0 Å². The number of fused-ring (bicyclic) bond motifs is 1. The van der Waals surface area contributed by atoms with Crippen LogP contribution in [0.15, 0.2) is 48.5 Å². The van der Waals surface area contributed by atoms with E-state index in [1.54, 1.807) is 0 Å². The highest BCUT2D eigenvalue weighted by Gasteiger charge is 2.20. The van der Waals surface area contributed by atoms with Crippen molar-refractivity contribution in [2.45, 2.75) is 13.1 Å². The number of thiocarbonyl (C=S) groups is 1. The summed E-state index contributed by atoms with van der Waals surface area (Å²) in [6.45, 7) is 1.74. The van der Waals surface area contributed by atoms with Crippen LogP contribution in [0.5, 0.6) is 0 Å². The molecule has 1 heterocycles. The maximum Gasteiger partial charge on any atom is 0.174 e. The van der Waals surface area contributed by atoms with E-state index < -0.39 is 0 Å². The molecular weight excluding hydrogens is 276 g/mol. The third kappa shape index (κ3) is 2.72. The van der Waals surface area contributed by atoms with Crippen molar-refractivity contribution in [3.63, 3.8) is 0 Å². The molecule has 1 aliphatic rings. The zero-order valence-electron chi connectivity index (χ0n) is 10.3. The van der Waals surface area contributed by atoms with Crippen LogP contribution < -0.4 is 5.32 Å². The SMILES string of the molecule is S=C(Nc1ccc(Cl)cc1)N1Cc2ccccc2C1. The second-order valence-corrected chi connectivity index (χ2v) is 5.38. The number of anilines is 1. The van der Waals surface area contributed by atoms with Crippen LogP contribution in [-0.2, 0) is 13.1 Å². The van der Waals surface area contributed by atoms with Crippen molar-refractivity contribution >= 4 is 34.6 Å². The Balaban J connectivity index is 1.68. The first-order valence-electron chi connectivity index (χ1n) is 6.10. The lowest BCUT2D eigenvalue weighted by Crippen LogP contribution is -2.29. The van der Waals surface area contributed by atoms with E-state index >= 15 is 0 Å². The third-order valence-electron chi connectivity index (χ3n) is 3.22. The molecule has 2 aromatic rings. The summed E-state index contributed by atoms with van der Waals surface area (Å²) in [6, 6.07) is 16.0. The predicted molar refractivity (Wildman–Crippen MR) is 83.4 cm³/mol. The average molecular weight is 289 g/mol. The van der Waals surface area contributed by atoms with Gasteiger partial charge in [-0.15, -0.1) is 0 Å². The molecule has 0 unspecified atom stereocenters. The summed E-state index contributed by atoms with van der Waals surface area (Å²) < 4.78 is 0. The first-order chi connectivity index (χ1) is 9.22. The fourth-order valence-corrected chi connectivity index (χ4v) is 2.59. The Morgan fingerprint density at radius 2 is 1.58 bits per heavy atom. The van der Waals surface area contributed by atoms with E-state index in [0.29, 0.717) is 0 Å². The monoisotopic (exact) mass is 288 g/mol. The van der Waals surface area contributed by atoms with Crippen molar-refractivity contribution < 1.29 is 0 Å². The van der Waals surface area contributed by atoms with E-state index in [2.05, 4.69) is 34.5 Å². The summed E-state index contributed by atoms with van der Waals surface area (Å²) in [7, 11) is 0. The van der Waals surface area contributed by atoms with Gasteiger partial charge in [0.25, 0.3) is 0 Å². The number of nitrogens with one attached hydrogen (secondary N) is 1. The third-order valence-corrected chi connectivity index (χ3v) is 3.84. The molecule has 0 amide bonds. The minimum atomic E-state index is 0.727. The van der Waals surface area contributed by atoms with Crippen molar-refractivity contribution in [3.05, 3.63) is 64.7 Å². The van der Waals surface area contributed by atoms with E-state index in [9.17, 15) is 0 Å². The number of benzene rings is 2. The lowest BCUT2D eigenvalue weighted by atomic mass is 10.1. The lowest BCUT2D eigenvalue weighted by Gasteiger charge is -2.19. The molecular formula is C15H13ClN2S. The molecule has 3 rings (SSSR count). The summed E-state index contributed by atoms with van der Waals surface area (Å²) in [5.41, 5.74) is 3.66. The van der Waals surface area contributed by atoms with Gasteiger partial charge in [0.1, 0.15) is 0 Å². The summed E-state index contributed by atoms with van der Waals surface area (Å²) in [5.74, 6) is 0. The molecule has 0 spiro atoms. The molecule has 0 saturated carbocycles. The Kier molecular flexibility index (Phi) is 3.40. The van der Waals surface area contributed by atoms with E-state index in [0.717, 1.165) is 28.9 Å². The fourth-order valence-electron chi connectivity index (χ4n) is 2.21. The molecule has 0 saturated heterocycles. The van der Waals surface area contributed by atoms with Crippen LogP contribution in [0.3, 0.4) is 0 Å². The van der Waals surface area contributed by atoms with Crippen molar-refractivity contribution in [1.82, 2.24) is 4.90 Å². The second-order valence-electron chi connectivity index (χ2n) is 4.56. The van der Waals surface area contributed by atoms with Crippen LogP contribution in [0.25, 0.3) is 0 Å².